The normalized spacial score (nSPS) is 21.2. The van der Waals surface area contributed by atoms with Gasteiger partial charge in [-0.1, -0.05) is 19.3 Å². The molecule has 0 heterocycles. The first kappa shape index (κ1) is 10.3. The Kier molecular flexibility index (Phi) is 3.85. The average molecular weight is 190 g/mol. The Morgan fingerprint density at radius 2 is 1.83 bits per heavy atom. The van der Waals surface area contributed by atoms with Gasteiger partial charge in [0.15, 0.2) is 0 Å². The maximum atomic E-state index is 5.85. The molecule has 72 valence electrons. The van der Waals surface area contributed by atoms with Gasteiger partial charge < -0.3 is 5.32 Å². The highest BCUT2D eigenvalue weighted by Gasteiger charge is 2.22. The van der Waals surface area contributed by atoms with Crippen LogP contribution >= 0.6 is 11.6 Å². The third kappa shape index (κ3) is 3.32. The molecule has 0 unspecified atom stereocenters. The molecular weight excluding hydrogens is 170 g/mol. The second-order valence-corrected chi connectivity index (χ2v) is 4.76. The highest BCUT2D eigenvalue weighted by molar-refractivity contribution is 6.18. The lowest BCUT2D eigenvalue weighted by Crippen LogP contribution is -2.47. The fourth-order valence-corrected chi connectivity index (χ4v) is 1.92. The van der Waals surface area contributed by atoms with Crippen LogP contribution in [-0.4, -0.2) is 17.5 Å². The molecule has 0 spiro atoms. The number of nitrogens with one attached hydrogen (secondary N) is 1. The quantitative estimate of drug-likeness (QED) is 0.674. The van der Waals surface area contributed by atoms with Gasteiger partial charge in [-0.3, -0.25) is 0 Å². The zero-order valence-electron chi connectivity index (χ0n) is 8.20. The molecule has 1 saturated carbocycles. The minimum atomic E-state index is 0.115. The van der Waals surface area contributed by atoms with E-state index in [1.165, 1.54) is 32.1 Å². The van der Waals surface area contributed by atoms with Gasteiger partial charge in [0, 0.05) is 17.5 Å². The van der Waals surface area contributed by atoms with Gasteiger partial charge in [-0.15, -0.1) is 11.6 Å². The van der Waals surface area contributed by atoms with Crippen molar-refractivity contribution in [1.29, 1.82) is 0 Å². The van der Waals surface area contributed by atoms with E-state index in [0.717, 1.165) is 0 Å². The van der Waals surface area contributed by atoms with Gasteiger partial charge in [0.2, 0.25) is 0 Å². The van der Waals surface area contributed by atoms with Crippen molar-refractivity contribution in [3.8, 4) is 0 Å². The van der Waals surface area contributed by atoms with Gasteiger partial charge in [-0.2, -0.15) is 0 Å². The van der Waals surface area contributed by atoms with Crippen LogP contribution in [-0.2, 0) is 0 Å². The molecule has 1 N–H and O–H groups in total. The summed E-state index contributed by atoms with van der Waals surface area (Å²) < 4.78 is 0. The second kappa shape index (κ2) is 4.48. The maximum Gasteiger partial charge on any atom is 0.0400 e. The first-order chi connectivity index (χ1) is 5.64. The zero-order valence-corrected chi connectivity index (χ0v) is 8.95. The third-order valence-corrected chi connectivity index (χ3v) is 3.20. The van der Waals surface area contributed by atoms with Crippen molar-refractivity contribution in [3.05, 3.63) is 0 Å². The lowest BCUT2D eigenvalue weighted by atomic mass is 9.93. The molecule has 1 rings (SSSR count). The number of halogens is 1. The molecule has 0 radical (unpaired) electrons. The molecule has 0 amide bonds. The van der Waals surface area contributed by atoms with E-state index >= 15 is 0 Å². The smallest absolute Gasteiger partial charge is 0.0400 e. The Balaban J connectivity index is 2.28. The van der Waals surface area contributed by atoms with Crippen LogP contribution in [0, 0.1) is 0 Å². The monoisotopic (exact) mass is 189 g/mol. The van der Waals surface area contributed by atoms with Crippen molar-refractivity contribution in [3.63, 3.8) is 0 Å². The molecule has 0 aromatic rings. The van der Waals surface area contributed by atoms with E-state index < -0.39 is 0 Å². The van der Waals surface area contributed by atoms with Crippen molar-refractivity contribution >= 4 is 11.6 Å². The molecule has 0 atom stereocenters. The largest absolute Gasteiger partial charge is 0.308 e. The number of hydrogen-bond donors (Lipinski definition) is 1. The predicted molar refractivity (Wildman–Crippen MR) is 54.8 cm³/mol. The standard InChI is InChI=1S/C10H20ClN/c1-10(2,8-11)12-9-6-4-3-5-7-9/h9,12H,3-8H2,1-2H3. The Hall–Kier alpha value is 0.250. The van der Waals surface area contributed by atoms with Gasteiger partial charge in [0.25, 0.3) is 0 Å². The van der Waals surface area contributed by atoms with Crippen LogP contribution in [0.2, 0.25) is 0 Å². The van der Waals surface area contributed by atoms with Crippen molar-refractivity contribution in [1.82, 2.24) is 5.32 Å². The topological polar surface area (TPSA) is 12.0 Å². The fraction of sp³-hybridized carbons (Fsp3) is 1.00. The Labute approximate surface area is 80.9 Å². The maximum absolute atomic E-state index is 5.85. The van der Waals surface area contributed by atoms with E-state index in [1.807, 2.05) is 0 Å². The third-order valence-electron chi connectivity index (χ3n) is 2.53. The number of alkyl halides is 1. The Morgan fingerprint density at radius 1 is 1.25 bits per heavy atom. The summed E-state index contributed by atoms with van der Waals surface area (Å²) in [5.41, 5.74) is 0.115. The Bertz CT molecular complexity index is 128. The van der Waals surface area contributed by atoms with Gasteiger partial charge in [-0.25, -0.2) is 0 Å². The molecule has 0 saturated heterocycles. The van der Waals surface area contributed by atoms with Crippen LogP contribution in [0.1, 0.15) is 46.0 Å². The molecule has 1 fully saturated rings. The summed E-state index contributed by atoms with van der Waals surface area (Å²) in [6.45, 7) is 4.35. The molecule has 1 aliphatic carbocycles. The summed E-state index contributed by atoms with van der Waals surface area (Å²) in [5, 5.41) is 3.61. The lowest BCUT2D eigenvalue weighted by Gasteiger charge is -2.32. The van der Waals surface area contributed by atoms with E-state index in [4.69, 9.17) is 11.6 Å². The summed E-state index contributed by atoms with van der Waals surface area (Å²) in [4.78, 5) is 0. The van der Waals surface area contributed by atoms with E-state index in [-0.39, 0.29) is 5.54 Å². The van der Waals surface area contributed by atoms with Crippen LogP contribution in [0.3, 0.4) is 0 Å². The van der Waals surface area contributed by atoms with E-state index in [2.05, 4.69) is 19.2 Å². The van der Waals surface area contributed by atoms with Crippen molar-refractivity contribution in [2.45, 2.75) is 57.5 Å². The van der Waals surface area contributed by atoms with Crippen LogP contribution in [0.25, 0.3) is 0 Å². The molecule has 0 bridgehead atoms. The van der Waals surface area contributed by atoms with E-state index in [0.29, 0.717) is 11.9 Å². The molecule has 0 aromatic heterocycles. The summed E-state index contributed by atoms with van der Waals surface area (Å²) in [7, 11) is 0. The SMILES string of the molecule is CC(C)(CCl)NC1CCCCC1. The highest BCUT2D eigenvalue weighted by atomic mass is 35.5. The van der Waals surface area contributed by atoms with Gasteiger partial charge >= 0.3 is 0 Å². The predicted octanol–water partition coefficient (Wildman–Crippen LogP) is 2.93. The van der Waals surface area contributed by atoms with E-state index in [1.54, 1.807) is 0 Å². The molecule has 0 aromatic carbocycles. The second-order valence-electron chi connectivity index (χ2n) is 4.50. The molecule has 1 nitrogen and oxygen atoms in total. The molecule has 0 aliphatic heterocycles. The first-order valence-corrected chi connectivity index (χ1v) is 5.51. The minimum absolute atomic E-state index is 0.115. The van der Waals surface area contributed by atoms with Crippen LogP contribution < -0.4 is 5.32 Å². The molecule has 1 aliphatic rings. The summed E-state index contributed by atoms with van der Waals surface area (Å²) in [5.74, 6) is 0.698. The van der Waals surface area contributed by atoms with Crippen molar-refractivity contribution < 1.29 is 0 Å². The van der Waals surface area contributed by atoms with Crippen molar-refractivity contribution in [2.75, 3.05) is 5.88 Å². The van der Waals surface area contributed by atoms with E-state index in [9.17, 15) is 0 Å². The molecule has 2 heteroatoms. The first-order valence-electron chi connectivity index (χ1n) is 4.98. The summed E-state index contributed by atoms with van der Waals surface area (Å²) in [6.07, 6.45) is 6.85. The van der Waals surface area contributed by atoms with Crippen molar-refractivity contribution in [2.24, 2.45) is 0 Å². The van der Waals surface area contributed by atoms with Gasteiger partial charge in [0.1, 0.15) is 0 Å². The summed E-state index contributed by atoms with van der Waals surface area (Å²) >= 11 is 5.85. The van der Waals surface area contributed by atoms with Crippen LogP contribution in [0.5, 0.6) is 0 Å². The lowest BCUT2D eigenvalue weighted by molar-refractivity contribution is 0.298. The molecular formula is C10H20ClN. The minimum Gasteiger partial charge on any atom is -0.308 e. The fourth-order valence-electron chi connectivity index (χ4n) is 1.84. The number of hydrogen-bond acceptors (Lipinski definition) is 1. The summed E-state index contributed by atoms with van der Waals surface area (Å²) in [6, 6.07) is 0.715. The van der Waals surface area contributed by atoms with Gasteiger partial charge in [-0.05, 0) is 26.7 Å². The highest BCUT2D eigenvalue weighted by Crippen LogP contribution is 2.20. The van der Waals surface area contributed by atoms with Crippen LogP contribution in [0.15, 0.2) is 0 Å². The van der Waals surface area contributed by atoms with Crippen LogP contribution in [0.4, 0.5) is 0 Å². The zero-order chi connectivity index (χ0) is 9.03. The Morgan fingerprint density at radius 3 is 2.33 bits per heavy atom. The average Bonchev–Trinajstić information content (AvgIpc) is 2.06. The molecule has 12 heavy (non-hydrogen) atoms. The number of rotatable bonds is 3. The van der Waals surface area contributed by atoms with Gasteiger partial charge in [0.05, 0.1) is 0 Å².